The monoisotopic (exact) mass is 519 g/mol. The molecular formula is C25H19BrFN5O2. The highest BCUT2D eigenvalue weighted by molar-refractivity contribution is 9.10. The Kier molecular flexibility index (Phi) is 5.62. The number of carbonyl (C=O) groups is 2. The maximum Gasteiger partial charge on any atom is 0.321 e. The fourth-order valence-corrected chi connectivity index (χ4v) is 4.32. The van der Waals surface area contributed by atoms with Crippen molar-refractivity contribution in [1.29, 1.82) is 0 Å². The van der Waals surface area contributed by atoms with Gasteiger partial charge in [0.25, 0.3) is 5.91 Å². The molecule has 4 aromatic rings. The second-order valence-electron chi connectivity index (χ2n) is 7.77. The first-order valence-electron chi connectivity index (χ1n) is 10.5. The molecule has 0 bridgehead atoms. The Bertz CT molecular complexity index is 1460. The Morgan fingerprint density at radius 2 is 1.82 bits per heavy atom. The molecule has 7 nitrogen and oxygen atoms in total. The van der Waals surface area contributed by atoms with Gasteiger partial charge in [0.2, 0.25) is 6.17 Å². The summed E-state index contributed by atoms with van der Waals surface area (Å²) < 4.78 is 15.6. The Morgan fingerprint density at radius 3 is 2.62 bits per heavy atom. The Labute approximate surface area is 202 Å². The van der Waals surface area contributed by atoms with Crippen molar-refractivity contribution < 1.29 is 14.0 Å². The number of H-pyrrole nitrogens is 1. The number of fused-ring (bicyclic) bond motifs is 2. The number of nitrogens with one attached hydrogen (secondary N) is 3. The van der Waals surface area contributed by atoms with E-state index >= 15 is 0 Å². The van der Waals surface area contributed by atoms with Crippen LogP contribution >= 0.6 is 15.9 Å². The lowest BCUT2D eigenvalue weighted by Gasteiger charge is -2.21. The number of halogens is 2. The number of likely N-dealkylation sites (N-methyl/N-ethyl adjacent to an activating group) is 1. The molecule has 3 amide bonds. The van der Waals surface area contributed by atoms with Gasteiger partial charge in [0.1, 0.15) is 5.82 Å². The number of hydrogen-bond acceptors (Lipinski definition) is 3. The first-order chi connectivity index (χ1) is 16.4. The van der Waals surface area contributed by atoms with Crippen molar-refractivity contribution in [3.8, 4) is 0 Å². The molecule has 1 aliphatic rings. The van der Waals surface area contributed by atoms with Crippen LogP contribution < -0.4 is 15.5 Å². The summed E-state index contributed by atoms with van der Waals surface area (Å²) in [4.78, 5) is 35.2. The number of aromatic amines is 1. The van der Waals surface area contributed by atoms with Crippen LogP contribution in [0, 0.1) is 5.82 Å². The van der Waals surface area contributed by atoms with Gasteiger partial charge in [-0.1, -0.05) is 46.3 Å². The fourth-order valence-electron chi connectivity index (χ4n) is 3.96. The summed E-state index contributed by atoms with van der Waals surface area (Å²) in [5, 5.41) is 6.20. The molecule has 5 rings (SSSR count). The van der Waals surface area contributed by atoms with E-state index in [1.807, 2.05) is 18.2 Å². The molecule has 3 N–H and O–H groups in total. The van der Waals surface area contributed by atoms with Gasteiger partial charge in [-0.2, -0.15) is 0 Å². The average Bonchev–Trinajstić information content (AvgIpc) is 3.18. The van der Waals surface area contributed by atoms with Gasteiger partial charge in [0.05, 0.1) is 17.1 Å². The third-order valence-corrected chi connectivity index (χ3v) is 6.13. The van der Waals surface area contributed by atoms with E-state index < -0.39 is 23.9 Å². The molecule has 0 radical (unpaired) electrons. The number of aliphatic imine (C=N–C) groups is 1. The van der Waals surface area contributed by atoms with Gasteiger partial charge in [-0.15, -0.1) is 0 Å². The first kappa shape index (κ1) is 21.8. The van der Waals surface area contributed by atoms with E-state index in [0.29, 0.717) is 16.9 Å². The number of para-hydroxylation sites is 1. The van der Waals surface area contributed by atoms with Crippen LogP contribution in [0.4, 0.5) is 20.6 Å². The molecule has 0 aliphatic carbocycles. The lowest BCUT2D eigenvalue weighted by atomic mass is 10.00. The zero-order valence-electron chi connectivity index (χ0n) is 18.0. The molecule has 1 unspecified atom stereocenters. The molecule has 1 aromatic heterocycles. The summed E-state index contributed by atoms with van der Waals surface area (Å²) in [5.41, 5.74) is 3.08. The van der Waals surface area contributed by atoms with Crippen molar-refractivity contribution in [2.75, 3.05) is 17.3 Å². The SMILES string of the molecule is CN1C(=O)C(NC(=O)Nc2c[nH]c3ccc(Br)cc23)N=C(c2ccccc2F)c2ccccc21. The quantitative estimate of drug-likeness (QED) is 0.354. The highest BCUT2D eigenvalue weighted by atomic mass is 79.9. The minimum absolute atomic E-state index is 0.242. The van der Waals surface area contributed by atoms with Crippen LogP contribution in [0.1, 0.15) is 11.1 Å². The Balaban J connectivity index is 1.51. The number of urea groups is 1. The van der Waals surface area contributed by atoms with Crippen LogP contribution in [0.15, 0.2) is 82.4 Å². The number of benzodiazepines with no additional fused rings is 1. The number of hydrogen-bond donors (Lipinski definition) is 3. The number of anilines is 2. The maximum absolute atomic E-state index is 14.7. The van der Waals surface area contributed by atoms with E-state index in [4.69, 9.17) is 0 Å². The predicted molar refractivity (Wildman–Crippen MR) is 134 cm³/mol. The summed E-state index contributed by atoms with van der Waals surface area (Å²) in [6.45, 7) is 0. The Hall–Kier alpha value is -3.98. The van der Waals surface area contributed by atoms with Crippen LogP contribution in [-0.4, -0.2) is 35.8 Å². The molecule has 9 heteroatoms. The lowest BCUT2D eigenvalue weighted by molar-refractivity contribution is -0.119. The van der Waals surface area contributed by atoms with Crippen molar-refractivity contribution in [1.82, 2.24) is 10.3 Å². The summed E-state index contributed by atoms with van der Waals surface area (Å²) in [5.74, 6) is -0.920. The molecule has 34 heavy (non-hydrogen) atoms. The van der Waals surface area contributed by atoms with Gasteiger partial charge in [0.15, 0.2) is 0 Å². The van der Waals surface area contributed by atoms with E-state index in [9.17, 15) is 14.0 Å². The van der Waals surface area contributed by atoms with Crippen molar-refractivity contribution in [3.05, 3.63) is 94.3 Å². The molecule has 0 spiro atoms. The molecular weight excluding hydrogens is 501 g/mol. The number of benzene rings is 3. The highest BCUT2D eigenvalue weighted by Gasteiger charge is 2.31. The number of carbonyl (C=O) groups excluding carboxylic acids is 2. The van der Waals surface area contributed by atoms with E-state index in [1.54, 1.807) is 55.7 Å². The van der Waals surface area contributed by atoms with Crippen molar-refractivity contribution in [2.45, 2.75) is 6.17 Å². The minimum atomic E-state index is -1.26. The third kappa shape index (κ3) is 3.94. The second kappa shape index (κ2) is 8.75. The molecule has 0 fully saturated rings. The zero-order valence-corrected chi connectivity index (χ0v) is 19.6. The van der Waals surface area contributed by atoms with E-state index in [-0.39, 0.29) is 11.3 Å². The maximum atomic E-state index is 14.7. The molecule has 1 aliphatic heterocycles. The van der Waals surface area contributed by atoms with Gasteiger partial charge >= 0.3 is 6.03 Å². The van der Waals surface area contributed by atoms with Gasteiger partial charge in [0, 0.05) is 39.7 Å². The van der Waals surface area contributed by atoms with E-state index in [2.05, 4.69) is 36.5 Å². The topological polar surface area (TPSA) is 89.6 Å². The summed E-state index contributed by atoms with van der Waals surface area (Å²) in [6.07, 6.45) is 0.408. The van der Waals surface area contributed by atoms with Gasteiger partial charge in [-0.3, -0.25) is 4.79 Å². The normalized spacial score (nSPS) is 15.5. The number of amides is 3. The smallest absolute Gasteiger partial charge is 0.321 e. The second-order valence-corrected chi connectivity index (χ2v) is 8.68. The van der Waals surface area contributed by atoms with Crippen LogP contribution in [0.2, 0.25) is 0 Å². The fraction of sp³-hybridized carbons (Fsp3) is 0.0800. The molecule has 2 heterocycles. The van der Waals surface area contributed by atoms with Gasteiger partial charge < -0.3 is 20.5 Å². The van der Waals surface area contributed by atoms with Crippen molar-refractivity contribution >= 4 is 55.9 Å². The lowest BCUT2D eigenvalue weighted by Crippen LogP contribution is -2.47. The van der Waals surface area contributed by atoms with Gasteiger partial charge in [-0.05, 0) is 36.4 Å². The van der Waals surface area contributed by atoms with Crippen LogP contribution in [0.25, 0.3) is 10.9 Å². The standard InChI is InChI=1S/C25H19BrFN5O2/c1-32-21-9-5-3-7-16(21)22(15-6-2-4-8-18(15)27)30-23(24(32)33)31-25(34)29-20-13-28-19-11-10-14(26)12-17(19)20/h2-13,23,28H,1H3,(H2,29,31,34). The summed E-state index contributed by atoms with van der Waals surface area (Å²) >= 11 is 3.43. The van der Waals surface area contributed by atoms with Crippen LogP contribution in [0.5, 0.6) is 0 Å². The van der Waals surface area contributed by atoms with Gasteiger partial charge in [-0.25, -0.2) is 14.2 Å². The average molecular weight is 520 g/mol. The summed E-state index contributed by atoms with van der Waals surface area (Å²) in [6, 6.07) is 18.4. The number of rotatable bonds is 3. The molecule has 1 atom stereocenters. The van der Waals surface area contributed by atoms with Crippen LogP contribution in [0.3, 0.4) is 0 Å². The summed E-state index contributed by atoms with van der Waals surface area (Å²) in [7, 11) is 1.60. The third-order valence-electron chi connectivity index (χ3n) is 5.63. The predicted octanol–water partition coefficient (Wildman–Crippen LogP) is 5.03. The van der Waals surface area contributed by atoms with E-state index in [1.165, 1.54) is 11.0 Å². The number of aromatic nitrogens is 1. The molecule has 170 valence electrons. The minimum Gasteiger partial charge on any atom is -0.359 e. The van der Waals surface area contributed by atoms with Crippen molar-refractivity contribution in [2.24, 2.45) is 4.99 Å². The Morgan fingerprint density at radius 1 is 1.09 bits per heavy atom. The van der Waals surface area contributed by atoms with Crippen LogP contribution in [-0.2, 0) is 4.79 Å². The largest absolute Gasteiger partial charge is 0.359 e. The molecule has 0 saturated heterocycles. The number of nitrogens with zero attached hydrogens (tertiary/aromatic N) is 2. The van der Waals surface area contributed by atoms with E-state index in [0.717, 1.165) is 15.4 Å². The highest BCUT2D eigenvalue weighted by Crippen LogP contribution is 2.29. The molecule has 0 saturated carbocycles. The van der Waals surface area contributed by atoms with Crippen molar-refractivity contribution in [3.63, 3.8) is 0 Å². The zero-order chi connectivity index (χ0) is 23.8. The molecule has 3 aromatic carbocycles. The first-order valence-corrected chi connectivity index (χ1v) is 11.3.